The predicted octanol–water partition coefficient (Wildman–Crippen LogP) is 1.66. The maximum atomic E-state index is 12.9. The minimum Gasteiger partial charge on any atom is -0.382 e. The topological polar surface area (TPSA) is 49.3 Å². The lowest BCUT2D eigenvalue weighted by atomic mass is 10.3. The van der Waals surface area contributed by atoms with Gasteiger partial charge in [0.05, 0.1) is 5.75 Å². The van der Waals surface area contributed by atoms with Gasteiger partial charge in [-0.25, -0.2) is 8.60 Å². The van der Waals surface area contributed by atoms with Crippen LogP contribution in [-0.4, -0.2) is 27.2 Å². The number of benzene rings is 1. The molecule has 1 aromatic rings. The van der Waals surface area contributed by atoms with Gasteiger partial charge in [-0.05, 0) is 12.1 Å². The van der Waals surface area contributed by atoms with Crippen molar-refractivity contribution < 1.29 is 13.2 Å². The third kappa shape index (κ3) is 4.34. The van der Waals surface area contributed by atoms with Gasteiger partial charge in [0.2, 0.25) is 0 Å². The lowest BCUT2D eigenvalue weighted by Crippen LogP contribution is -2.21. The number of anilines is 1. The van der Waals surface area contributed by atoms with Crippen molar-refractivity contribution in [3.8, 4) is 0 Å². The second-order valence-corrected chi connectivity index (χ2v) is 3.81. The maximum absolute atomic E-state index is 12.9. The van der Waals surface area contributed by atoms with Crippen molar-refractivity contribution in [1.29, 1.82) is 0 Å². The van der Waals surface area contributed by atoms with Crippen LogP contribution in [0.1, 0.15) is 0 Å². The molecule has 0 saturated carbocycles. The van der Waals surface area contributed by atoms with Crippen LogP contribution in [0, 0.1) is 0 Å². The summed E-state index contributed by atoms with van der Waals surface area (Å²) in [6.45, 7) is 0.0519. The Morgan fingerprint density at radius 2 is 2.07 bits per heavy atom. The summed E-state index contributed by atoms with van der Waals surface area (Å²) in [4.78, 5) is 0. The fourth-order valence-corrected chi connectivity index (χ4v) is 1.43. The molecule has 0 radical (unpaired) electrons. The van der Waals surface area contributed by atoms with Crippen LogP contribution in [0.3, 0.4) is 0 Å². The molecular formula is C9H12FNO2S. The third-order valence-corrected chi connectivity index (χ3v) is 2.27. The molecule has 2 atom stereocenters. The van der Waals surface area contributed by atoms with E-state index in [-0.39, 0.29) is 12.3 Å². The van der Waals surface area contributed by atoms with Crippen LogP contribution in [0.5, 0.6) is 0 Å². The van der Waals surface area contributed by atoms with E-state index < -0.39 is 17.3 Å². The van der Waals surface area contributed by atoms with Gasteiger partial charge in [0.1, 0.15) is 6.17 Å². The average Bonchev–Trinajstić information content (AvgIpc) is 2.15. The van der Waals surface area contributed by atoms with E-state index in [2.05, 4.69) is 5.32 Å². The van der Waals surface area contributed by atoms with E-state index in [0.29, 0.717) is 0 Å². The van der Waals surface area contributed by atoms with Gasteiger partial charge >= 0.3 is 0 Å². The van der Waals surface area contributed by atoms with E-state index in [0.717, 1.165) is 5.69 Å². The van der Waals surface area contributed by atoms with E-state index in [1.165, 1.54) is 0 Å². The summed E-state index contributed by atoms with van der Waals surface area (Å²) in [5.74, 6) is -0.347. The average molecular weight is 217 g/mol. The summed E-state index contributed by atoms with van der Waals surface area (Å²) in [7, 11) is 0. The molecule has 0 aromatic heterocycles. The van der Waals surface area contributed by atoms with Crippen molar-refractivity contribution in [3.05, 3.63) is 30.3 Å². The SMILES string of the molecule is O=S(O)C[C@H](F)CNc1ccccc1. The highest BCUT2D eigenvalue weighted by atomic mass is 32.2. The Morgan fingerprint density at radius 3 is 2.64 bits per heavy atom. The number of hydrogen-bond acceptors (Lipinski definition) is 2. The van der Waals surface area contributed by atoms with Crippen LogP contribution < -0.4 is 5.32 Å². The molecule has 0 bridgehead atoms. The highest BCUT2D eigenvalue weighted by Crippen LogP contribution is 2.05. The summed E-state index contributed by atoms with van der Waals surface area (Å²) >= 11 is -2.07. The Morgan fingerprint density at radius 1 is 1.43 bits per heavy atom. The second kappa shape index (κ2) is 5.72. The Hall–Kier alpha value is -0.940. The summed E-state index contributed by atoms with van der Waals surface area (Å²) < 4.78 is 31.6. The number of para-hydroxylation sites is 1. The molecule has 0 aliphatic heterocycles. The molecule has 0 aliphatic rings. The van der Waals surface area contributed by atoms with Crippen molar-refractivity contribution in [2.45, 2.75) is 6.17 Å². The highest BCUT2D eigenvalue weighted by Gasteiger charge is 2.09. The minimum atomic E-state index is -2.07. The molecule has 1 rings (SSSR count). The van der Waals surface area contributed by atoms with Crippen molar-refractivity contribution >= 4 is 16.8 Å². The monoisotopic (exact) mass is 217 g/mol. The molecule has 0 amide bonds. The zero-order valence-electron chi connectivity index (χ0n) is 7.52. The first kappa shape index (κ1) is 11.1. The van der Waals surface area contributed by atoms with Gasteiger partial charge in [0.25, 0.3) is 0 Å². The van der Waals surface area contributed by atoms with Crippen molar-refractivity contribution in [1.82, 2.24) is 0 Å². The van der Waals surface area contributed by atoms with Gasteiger partial charge < -0.3 is 9.87 Å². The number of hydrogen-bond donors (Lipinski definition) is 2. The third-order valence-electron chi connectivity index (χ3n) is 1.62. The molecule has 78 valence electrons. The molecule has 2 N–H and O–H groups in total. The van der Waals surface area contributed by atoms with Crippen LogP contribution in [0.15, 0.2) is 30.3 Å². The van der Waals surface area contributed by atoms with E-state index >= 15 is 0 Å². The Kier molecular flexibility index (Phi) is 4.55. The van der Waals surface area contributed by atoms with E-state index in [4.69, 9.17) is 4.55 Å². The van der Waals surface area contributed by atoms with Crippen LogP contribution >= 0.6 is 0 Å². The number of nitrogens with one attached hydrogen (secondary N) is 1. The maximum Gasteiger partial charge on any atom is 0.155 e. The molecular weight excluding hydrogens is 205 g/mol. The second-order valence-electron chi connectivity index (χ2n) is 2.83. The zero-order valence-corrected chi connectivity index (χ0v) is 8.34. The van der Waals surface area contributed by atoms with Crippen LogP contribution in [0.25, 0.3) is 0 Å². The van der Waals surface area contributed by atoms with Gasteiger partial charge in [-0.3, -0.25) is 0 Å². The largest absolute Gasteiger partial charge is 0.382 e. The lowest BCUT2D eigenvalue weighted by molar-refractivity contribution is 0.376. The predicted molar refractivity (Wildman–Crippen MR) is 55.5 cm³/mol. The van der Waals surface area contributed by atoms with Gasteiger partial charge in [-0.2, -0.15) is 0 Å². The Bertz CT molecular complexity index is 294. The molecule has 3 nitrogen and oxygen atoms in total. The summed E-state index contributed by atoms with van der Waals surface area (Å²) in [6.07, 6.45) is -1.30. The molecule has 0 heterocycles. The minimum absolute atomic E-state index is 0.0519. The molecule has 0 fully saturated rings. The van der Waals surface area contributed by atoms with E-state index in [9.17, 15) is 8.60 Å². The van der Waals surface area contributed by atoms with Crippen molar-refractivity contribution in [3.63, 3.8) is 0 Å². The molecule has 0 saturated heterocycles. The fourth-order valence-electron chi connectivity index (χ4n) is 0.998. The smallest absolute Gasteiger partial charge is 0.155 e. The zero-order chi connectivity index (χ0) is 10.4. The quantitative estimate of drug-likeness (QED) is 0.737. The van der Waals surface area contributed by atoms with Gasteiger partial charge in [-0.1, -0.05) is 18.2 Å². The molecule has 1 unspecified atom stereocenters. The van der Waals surface area contributed by atoms with E-state index in [1.807, 2.05) is 30.3 Å². The molecule has 5 heteroatoms. The number of alkyl halides is 1. The summed E-state index contributed by atoms with van der Waals surface area (Å²) in [6, 6.07) is 9.14. The first-order valence-electron chi connectivity index (χ1n) is 4.19. The number of rotatable bonds is 5. The number of halogens is 1. The van der Waals surface area contributed by atoms with Crippen molar-refractivity contribution in [2.75, 3.05) is 17.6 Å². The van der Waals surface area contributed by atoms with E-state index in [1.54, 1.807) is 0 Å². The first-order valence-corrected chi connectivity index (χ1v) is 5.46. The summed E-state index contributed by atoms with van der Waals surface area (Å²) in [5.41, 5.74) is 0.805. The van der Waals surface area contributed by atoms with Crippen LogP contribution in [0.4, 0.5) is 10.1 Å². The van der Waals surface area contributed by atoms with Gasteiger partial charge in [0.15, 0.2) is 11.1 Å². The van der Waals surface area contributed by atoms with Gasteiger partial charge in [0, 0.05) is 12.2 Å². The first-order chi connectivity index (χ1) is 6.68. The highest BCUT2D eigenvalue weighted by molar-refractivity contribution is 7.79. The van der Waals surface area contributed by atoms with Crippen molar-refractivity contribution in [2.24, 2.45) is 0 Å². The standard InChI is InChI=1S/C9H12FNO2S/c10-8(7-14(12)13)6-11-9-4-2-1-3-5-9/h1-5,8,11H,6-7H2,(H,12,13)/t8-/m1/s1. The molecule has 0 aliphatic carbocycles. The molecule has 0 spiro atoms. The Balaban J connectivity index is 2.30. The normalized spacial score (nSPS) is 14.7. The van der Waals surface area contributed by atoms with Crippen LogP contribution in [-0.2, 0) is 11.1 Å². The molecule has 14 heavy (non-hydrogen) atoms. The fraction of sp³-hybridized carbons (Fsp3) is 0.333. The molecule has 1 aromatic carbocycles. The lowest BCUT2D eigenvalue weighted by Gasteiger charge is -2.08. The van der Waals surface area contributed by atoms with Gasteiger partial charge in [-0.15, -0.1) is 0 Å². The van der Waals surface area contributed by atoms with Crippen LogP contribution in [0.2, 0.25) is 0 Å². The summed E-state index contributed by atoms with van der Waals surface area (Å²) in [5, 5.41) is 2.83. The Labute approximate surface area is 84.6 Å².